The average Bonchev–Trinajstić information content (AvgIpc) is 3.22. The molecule has 0 spiro atoms. The Kier molecular flexibility index (Phi) is 3.96. The Morgan fingerprint density at radius 3 is 2.90 bits per heavy atom. The zero-order chi connectivity index (χ0) is 14.8. The summed E-state index contributed by atoms with van der Waals surface area (Å²) in [4.78, 5) is 16.7. The maximum Gasteiger partial charge on any atom is 0.237 e. The van der Waals surface area contributed by atoms with Crippen molar-refractivity contribution in [1.29, 1.82) is 0 Å². The Balaban J connectivity index is 1.60. The number of H-pyrrole nitrogens is 1. The summed E-state index contributed by atoms with van der Waals surface area (Å²) < 4.78 is 0. The van der Waals surface area contributed by atoms with Gasteiger partial charge >= 0.3 is 0 Å². The zero-order valence-corrected chi connectivity index (χ0v) is 12.9. The molecule has 0 bridgehead atoms. The molecule has 0 radical (unpaired) electrons. The first-order valence-electron chi connectivity index (χ1n) is 7.09. The lowest BCUT2D eigenvalue weighted by Gasteiger charge is -2.11. The van der Waals surface area contributed by atoms with E-state index >= 15 is 0 Å². The number of nitrogens with one attached hydrogen (secondary N) is 2. The molecule has 2 aromatic rings. The van der Waals surface area contributed by atoms with Gasteiger partial charge in [-0.15, -0.1) is 5.10 Å². The molecular weight excluding hydrogens is 284 g/mol. The Hall–Kier alpha value is -1.82. The molecule has 1 heterocycles. The van der Waals surface area contributed by atoms with Crippen molar-refractivity contribution in [3.8, 4) is 0 Å². The van der Waals surface area contributed by atoms with E-state index in [4.69, 9.17) is 0 Å². The van der Waals surface area contributed by atoms with Gasteiger partial charge in [0.25, 0.3) is 0 Å². The number of thioether (sulfide) groups is 1. The molecule has 21 heavy (non-hydrogen) atoms. The van der Waals surface area contributed by atoms with Gasteiger partial charge in [0.15, 0.2) is 0 Å². The van der Waals surface area contributed by atoms with Gasteiger partial charge in [-0.3, -0.25) is 9.89 Å². The topological polar surface area (TPSA) is 70.7 Å². The molecule has 0 aliphatic heterocycles. The van der Waals surface area contributed by atoms with Crippen LogP contribution in [0.3, 0.4) is 0 Å². The van der Waals surface area contributed by atoms with Crippen molar-refractivity contribution in [1.82, 2.24) is 15.2 Å². The van der Waals surface area contributed by atoms with Gasteiger partial charge in [0.1, 0.15) is 5.82 Å². The van der Waals surface area contributed by atoms with Gasteiger partial charge in [0.05, 0.1) is 5.25 Å². The SMILES string of the molecule is Cc1ccccc1NC(=O)C(C)Sc1n[nH]c(C2CC2)n1. The number of carbonyl (C=O) groups excluding carboxylic acids is 1. The van der Waals surface area contributed by atoms with Gasteiger partial charge in [-0.05, 0) is 38.3 Å². The molecule has 1 aliphatic carbocycles. The lowest BCUT2D eigenvalue weighted by Crippen LogP contribution is -2.22. The highest BCUT2D eigenvalue weighted by Crippen LogP contribution is 2.38. The van der Waals surface area contributed by atoms with Crippen molar-refractivity contribution in [2.75, 3.05) is 5.32 Å². The van der Waals surface area contributed by atoms with Crippen molar-refractivity contribution in [3.63, 3.8) is 0 Å². The quantitative estimate of drug-likeness (QED) is 0.833. The Morgan fingerprint density at radius 2 is 2.19 bits per heavy atom. The molecule has 6 heteroatoms. The number of hydrogen-bond acceptors (Lipinski definition) is 4. The number of anilines is 1. The van der Waals surface area contributed by atoms with Crippen LogP contribution in [-0.2, 0) is 4.79 Å². The van der Waals surface area contributed by atoms with Crippen LogP contribution in [0.1, 0.15) is 37.1 Å². The number of hydrogen-bond donors (Lipinski definition) is 2. The second-order valence-electron chi connectivity index (χ2n) is 5.34. The van der Waals surface area contributed by atoms with E-state index in [1.807, 2.05) is 38.1 Å². The maximum atomic E-state index is 12.2. The lowest BCUT2D eigenvalue weighted by molar-refractivity contribution is -0.115. The molecule has 1 saturated carbocycles. The molecule has 0 saturated heterocycles. The van der Waals surface area contributed by atoms with Crippen LogP contribution in [0, 0.1) is 6.92 Å². The number of amides is 1. The Labute approximate surface area is 127 Å². The summed E-state index contributed by atoms with van der Waals surface area (Å²) in [5, 5.41) is 10.5. The van der Waals surface area contributed by atoms with Crippen LogP contribution >= 0.6 is 11.8 Å². The van der Waals surface area contributed by atoms with E-state index < -0.39 is 0 Å². The van der Waals surface area contributed by atoms with E-state index in [2.05, 4.69) is 20.5 Å². The molecule has 1 unspecified atom stereocenters. The van der Waals surface area contributed by atoms with Crippen LogP contribution in [0.25, 0.3) is 0 Å². The Bertz CT molecular complexity index is 651. The summed E-state index contributed by atoms with van der Waals surface area (Å²) in [6.07, 6.45) is 2.37. The number of aromatic amines is 1. The maximum absolute atomic E-state index is 12.2. The van der Waals surface area contributed by atoms with E-state index in [-0.39, 0.29) is 11.2 Å². The number of carbonyl (C=O) groups is 1. The summed E-state index contributed by atoms with van der Waals surface area (Å²) in [5.74, 6) is 1.46. The van der Waals surface area contributed by atoms with E-state index in [1.165, 1.54) is 24.6 Å². The van der Waals surface area contributed by atoms with Crippen LogP contribution in [0.15, 0.2) is 29.4 Å². The van der Waals surface area contributed by atoms with Gasteiger partial charge < -0.3 is 5.32 Å². The summed E-state index contributed by atoms with van der Waals surface area (Å²) >= 11 is 1.38. The molecule has 3 rings (SSSR count). The van der Waals surface area contributed by atoms with Crippen LogP contribution < -0.4 is 5.32 Å². The van der Waals surface area contributed by atoms with Crippen molar-refractivity contribution in [3.05, 3.63) is 35.7 Å². The second kappa shape index (κ2) is 5.89. The third kappa shape index (κ3) is 3.44. The Morgan fingerprint density at radius 1 is 1.43 bits per heavy atom. The molecule has 5 nitrogen and oxygen atoms in total. The van der Waals surface area contributed by atoms with Gasteiger partial charge in [-0.2, -0.15) is 0 Å². The third-order valence-electron chi connectivity index (χ3n) is 3.50. The predicted octanol–water partition coefficient (Wildman–Crippen LogP) is 3.11. The van der Waals surface area contributed by atoms with Crippen LogP contribution in [0.2, 0.25) is 0 Å². The fourth-order valence-corrected chi connectivity index (χ4v) is 2.74. The molecule has 1 atom stereocenters. The van der Waals surface area contributed by atoms with Gasteiger partial charge in [-0.25, -0.2) is 4.98 Å². The monoisotopic (exact) mass is 302 g/mol. The summed E-state index contributed by atoms with van der Waals surface area (Å²) in [6, 6.07) is 7.75. The van der Waals surface area contributed by atoms with Gasteiger partial charge in [0.2, 0.25) is 11.1 Å². The summed E-state index contributed by atoms with van der Waals surface area (Å²) in [6.45, 7) is 3.84. The second-order valence-corrected chi connectivity index (χ2v) is 6.65. The molecule has 1 aromatic carbocycles. The molecule has 1 amide bonds. The van der Waals surface area contributed by atoms with Gasteiger partial charge in [-0.1, -0.05) is 30.0 Å². The number of nitrogens with zero attached hydrogens (tertiary/aromatic N) is 2. The molecule has 1 fully saturated rings. The minimum atomic E-state index is -0.243. The highest BCUT2D eigenvalue weighted by molar-refractivity contribution is 8.00. The van der Waals surface area contributed by atoms with Crippen molar-refractivity contribution in [2.45, 2.75) is 43.0 Å². The molecular formula is C15H18N4OS. The summed E-state index contributed by atoms with van der Waals surface area (Å²) in [5.41, 5.74) is 1.90. The van der Waals surface area contributed by atoms with Crippen LogP contribution in [0.5, 0.6) is 0 Å². The normalized spacial score (nSPS) is 15.7. The lowest BCUT2D eigenvalue weighted by atomic mass is 10.2. The number of rotatable bonds is 5. The van der Waals surface area contributed by atoms with Crippen molar-refractivity contribution in [2.24, 2.45) is 0 Å². The first kappa shape index (κ1) is 14.1. The van der Waals surface area contributed by atoms with Crippen molar-refractivity contribution >= 4 is 23.4 Å². The molecule has 2 N–H and O–H groups in total. The minimum Gasteiger partial charge on any atom is -0.325 e. The fraction of sp³-hybridized carbons (Fsp3) is 0.400. The smallest absolute Gasteiger partial charge is 0.237 e. The molecule has 1 aromatic heterocycles. The van der Waals surface area contributed by atoms with E-state index in [0.717, 1.165) is 17.1 Å². The minimum absolute atomic E-state index is 0.0351. The highest BCUT2D eigenvalue weighted by atomic mass is 32.2. The number of benzene rings is 1. The zero-order valence-electron chi connectivity index (χ0n) is 12.1. The third-order valence-corrected chi connectivity index (χ3v) is 4.46. The van der Waals surface area contributed by atoms with Crippen LogP contribution in [0.4, 0.5) is 5.69 Å². The van der Waals surface area contributed by atoms with Gasteiger partial charge in [0, 0.05) is 11.6 Å². The highest BCUT2D eigenvalue weighted by Gasteiger charge is 2.27. The first-order chi connectivity index (χ1) is 10.1. The van der Waals surface area contributed by atoms with E-state index in [1.54, 1.807) is 0 Å². The first-order valence-corrected chi connectivity index (χ1v) is 7.97. The molecule has 1 aliphatic rings. The predicted molar refractivity (Wildman–Crippen MR) is 83.5 cm³/mol. The number of aryl methyl sites for hydroxylation is 1. The van der Waals surface area contributed by atoms with Crippen molar-refractivity contribution < 1.29 is 4.79 Å². The van der Waals surface area contributed by atoms with E-state index in [0.29, 0.717) is 11.1 Å². The average molecular weight is 302 g/mol. The largest absolute Gasteiger partial charge is 0.325 e. The number of aromatic nitrogens is 3. The fourth-order valence-electron chi connectivity index (χ4n) is 2.01. The van der Waals surface area contributed by atoms with Crippen LogP contribution in [-0.4, -0.2) is 26.3 Å². The molecule has 110 valence electrons. The standard InChI is InChI=1S/C15H18N4OS/c1-9-5-3-4-6-12(9)16-14(20)10(2)21-15-17-13(18-19-15)11-7-8-11/h3-6,10-11H,7-8H2,1-2H3,(H,16,20)(H,17,18,19). The summed E-state index contributed by atoms with van der Waals surface area (Å²) in [7, 11) is 0. The number of para-hydroxylation sites is 1. The van der Waals surface area contributed by atoms with E-state index in [9.17, 15) is 4.79 Å².